The number of anilines is 1. The van der Waals surface area contributed by atoms with Crippen molar-refractivity contribution in [2.24, 2.45) is 0 Å². The summed E-state index contributed by atoms with van der Waals surface area (Å²) in [5.41, 5.74) is 6.76. The molecule has 1 aliphatic heterocycles. The summed E-state index contributed by atoms with van der Waals surface area (Å²) in [6.07, 6.45) is 6.41. The number of benzene rings is 2. The molecule has 0 saturated heterocycles. The molecule has 1 N–H and O–H groups in total. The number of hydrogen-bond acceptors (Lipinski definition) is 3. The third kappa shape index (κ3) is 3.18. The molecule has 2 aromatic carbocycles. The summed E-state index contributed by atoms with van der Waals surface area (Å²) in [6.45, 7) is 0.779. The number of rotatable bonds is 5. The number of ether oxygens (including phenoxy) is 1. The number of nitrogens with one attached hydrogen (secondary N) is 1. The van der Waals surface area contributed by atoms with Crippen molar-refractivity contribution in [1.29, 1.82) is 0 Å². The molecule has 142 valence electrons. The third-order valence-corrected chi connectivity index (χ3v) is 6.30. The predicted molar refractivity (Wildman–Crippen MR) is 118 cm³/mol. The zero-order chi connectivity index (χ0) is 18.9. The highest BCUT2D eigenvalue weighted by atomic mass is 31.0. The lowest BCUT2D eigenvalue weighted by molar-refractivity contribution is 0.329. The Labute approximate surface area is 168 Å². The molecule has 5 rings (SSSR count). The Morgan fingerprint density at radius 1 is 1.07 bits per heavy atom. The summed E-state index contributed by atoms with van der Waals surface area (Å²) in [7, 11) is 2.81. The maximum absolute atomic E-state index is 5.93. The van der Waals surface area contributed by atoms with Crippen LogP contribution >= 0.6 is 9.24 Å². The highest BCUT2D eigenvalue weighted by Crippen LogP contribution is 2.41. The molecule has 1 aliphatic carbocycles. The van der Waals surface area contributed by atoms with E-state index < -0.39 is 0 Å². The lowest BCUT2D eigenvalue weighted by Crippen LogP contribution is -2.08. The van der Waals surface area contributed by atoms with Gasteiger partial charge in [0.05, 0.1) is 12.6 Å². The van der Waals surface area contributed by atoms with E-state index in [0.717, 1.165) is 43.6 Å². The van der Waals surface area contributed by atoms with Crippen LogP contribution in [0.2, 0.25) is 0 Å². The van der Waals surface area contributed by atoms with Crippen molar-refractivity contribution in [1.82, 2.24) is 4.98 Å². The summed E-state index contributed by atoms with van der Waals surface area (Å²) < 4.78 is 5.93. The molecule has 3 atom stereocenters. The van der Waals surface area contributed by atoms with E-state index in [-0.39, 0.29) is 0 Å². The quantitative estimate of drug-likeness (QED) is 0.579. The molecule has 3 aromatic rings. The van der Waals surface area contributed by atoms with Crippen LogP contribution in [-0.2, 0) is 6.42 Å². The molecule has 1 aromatic heterocycles. The standard InChI is InChI=1S/C24H25N2OP/c28-12-11-17-15-27-23-13-24(25-14-21(17)23)26-22-10-9-19-18(7-4-8-20(19)22)16-5-2-1-3-6-16/h1-8,13-14,17,22H,9-12,15,28H2,(H,25,26). The number of nitrogens with zero attached hydrogens (tertiary/aromatic N) is 1. The first-order valence-electron chi connectivity index (χ1n) is 10.1. The van der Waals surface area contributed by atoms with Gasteiger partial charge in [0.2, 0.25) is 0 Å². The molecule has 0 saturated carbocycles. The van der Waals surface area contributed by atoms with Crippen molar-refractivity contribution in [2.75, 3.05) is 18.1 Å². The lowest BCUT2D eigenvalue weighted by atomic mass is 9.96. The van der Waals surface area contributed by atoms with Gasteiger partial charge in [-0.1, -0.05) is 48.5 Å². The van der Waals surface area contributed by atoms with E-state index in [9.17, 15) is 0 Å². The Kier molecular flexibility index (Phi) is 4.78. The van der Waals surface area contributed by atoms with E-state index >= 15 is 0 Å². The molecule has 0 radical (unpaired) electrons. The minimum absolute atomic E-state index is 0.299. The molecule has 2 aliphatic rings. The van der Waals surface area contributed by atoms with E-state index in [2.05, 4.69) is 69.2 Å². The van der Waals surface area contributed by atoms with Gasteiger partial charge in [0.1, 0.15) is 11.6 Å². The minimum Gasteiger partial charge on any atom is -0.492 e. The molecular weight excluding hydrogens is 363 g/mol. The SMILES string of the molecule is PCCC1COc2cc(NC3CCc4c(-c5ccccc5)cccc43)ncc21. The van der Waals surface area contributed by atoms with E-state index in [1.165, 1.54) is 27.8 Å². The number of pyridine rings is 1. The van der Waals surface area contributed by atoms with Crippen molar-refractivity contribution in [3.8, 4) is 16.9 Å². The fourth-order valence-electron chi connectivity index (χ4n) is 4.55. The molecule has 28 heavy (non-hydrogen) atoms. The molecule has 0 amide bonds. The number of aromatic nitrogens is 1. The van der Waals surface area contributed by atoms with Crippen molar-refractivity contribution >= 4 is 15.1 Å². The first-order chi connectivity index (χ1) is 13.8. The first-order valence-corrected chi connectivity index (χ1v) is 10.9. The lowest BCUT2D eigenvalue weighted by Gasteiger charge is -2.16. The van der Waals surface area contributed by atoms with Gasteiger partial charge < -0.3 is 10.1 Å². The van der Waals surface area contributed by atoms with Gasteiger partial charge in [0.25, 0.3) is 0 Å². The number of fused-ring (bicyclic) bond motifs is 2. The Morgan fingerprint density at radius 3 is 2.82 bits per heavy atom. The van der Waals surface area contributed by atoms with Gasteiger partial charge in [0.15, 0.2) is 0 Å². The topological polar surface area (TPSA) is 34.1 Å². The van der Waals surface area contributed by atoms with Crippen LogP contribution in [0, 0.1) is 0 Å². The smallest absolute Gasteiger partial charge is 0.130 e. The Hall–Kier alpha value is -2.38. The average molecular weight is 388 g/mol. The highest BCUT2D eigenvalue weighted by Gasteiger charge is 2.27. The van der Waals surface area contributed by atoms with Crippen LogP contribution in [0.3, 0.4) is 0 Å². The van der Waals surface area contributed by atoms with Crippen molar-refractivity contribution in [2.45, 2.75) is 31.2 Å². The number of hydrogen-bond donors (Lipinski definition) is 1. The minimum atomic E-state index is 0.299. The van der Waals surface area contributed by atoms with Crippen molar-refractivity contribution in [3.63, 3.8) is 0 Å². The van der Waals surface area contributed by atoms with Crippen LogP contribution < -0.4 is 10.1 Å². The summed E-state index contributed by atoms with van der Waals surface area (Å²) >= 11 is 0. The van der Waals surface area contributed by atoms with Crippen LogP contribution in [0.5, 0.6) is 5.75 Å². The second-order valence-electron chi connectivity index (χ2n) is 7.67. The normalized spacial score (nSPS) is 19.8. The molecule has 3 unspecified atom stereocenters. The first kappa shape index (κ1) is 17.7. The molecule has 0 fully saturated rings. The summed E-state index contributed by atoms with van der Waals surface area (Å²) in [6, 6.07) is 19.7. The molecule has 3 nitrogen and oxygen atoms in total. The zero-order valence-corrected chi connectivity index (χ0v) is 17.1. The summed E-state index contributed by atoms with van der Waals surface area (Å²) in [5.74, 6) is 2.39. The van der Waals surface area contributed by atoms with Crippen LogP contribution in [0.15, 0.2) is 60.8 Å². The molecule has 0 bridgehead atoms. The van der Waals surface area contributed by atoms with Gasteiger partial charge in [-0.2, -0.15) is 0 Å². The second-order valence-corrected chi connectivity index (χ2v) is 8.24. The fourth-order valence-corrected chi connectivity index (χ4v) is 4.95. The van der Waals surface area contributed by atoms with Crippen LogP contribution in [0.1, 0.15) is 41.5 Å². The van der Waals surface area contributed by atoms with Crippen LogP contribution in [0.4, 0.5) is 5.82 Å². The van der Waals surface area contributed by atoms with Gasteiger partial charge in [-0.25, -0.2) is 4.98 Å². The predicted octanol–water partition coefficient (Wildman–Crippen LogP) is 5.59. The maximum Gasteiger partial charge on any atom is 0.130 e. The second kappa shape index (κ2) is 7.56. The Bertz CT molecular complexity index is 989. The highest BCUT2D eigenvalue weighted by molar-refractivity contribution is 7.16. The van der Waals surface area contributed by atoms with E-state index in [1.807, 2.05) is 6.20 Å². The van der Waals surface area contributed by atoms with Crippen molar-refractivity contribution < 1.29 is 4.74 Å². The van der Waals surface area contributed by atoms with Crippen molar-refractivity contribution in [3.05, 3.63) is 77.5 Å². The largest absolute Gasteiger partial charge is 0.492 e. The van der Waals surface area contributed by atoms with Crippen LogP contribution in [-0.4, -0.2) is 17.8 Å². The van der Waals surface area contributed by atoms with E-state index in [0.29, 0.717) is 12.0 Å². The maximum atomic E-state index is 5.93. The molecular formula is C24H25N2OP. The molecule has 4 heteroatoms. The van der Waals surface area contributed by atoms with Gasteiger partial charge in [0, 0.05) is 23.7 Å². The van der Waals surface area contributed by atoms with Gasteiger partial charge in [-0.05, 0) is 47.7 Å². The zero-order valence-electron chi connectivity index (χ0n) is 15.9. The van der Waals surface area contributed by atoms with E-state index in [4.69, 9.17) is 9.72 Å². The summed E-state index contributed by atoms with van der Waals surface area (Å²) in [5, 5.41) is 3.66. The Morgan fingerprint density at radius 2 is 1.96 bits per heavy atom. The van der Waals surface area contributed by atoms with Gasteiger partial charge >= 0.3 is 0 Å². The van der Waals surface area contributed by atoms with Gasteiger partial charge in [-0.15, -0.1) is 9.24 Å². The third-order valence-electron chi connectivity index (χ3n) is 5.97. The fraction of sp³-hybridized carbons (Fsp3) is 0.292. The molecule has 2 heterocycles. The summed E-state index contributed by atoms with van der Waals surface area (Å²) in [4.78, 5) is 4.70. The molecule has 0 spiro atoms. The average Bonchev–Trinajstić information content (AvgIpc) is 3.33. The Balaban J connectivity index is 1.40. The monoisotopic (exact) mass is 388 g/mol. The van der Waals surface area contributed by atoms with E-state index in [1.54, 1.807) is 0 Å². The van der Waals surface area contributed by atoms with Gasteiger partial charge in [-0.3, -0.25) is 0 Å². The van der Waals surface area contributed by atoms with Crippen LogP contribution in [0.25, 0.3) is 11.1 Å².